The van der Waals surface area contributed by atoms with Crippen LogP contribution in [-0.2, 0) is 4.79 Å². The van der Waals surface area contributed by atoms with Gasteiger partial charge in [-0.3, -0.25) is 4.79 Å². The maximum Gasteiger partial charge on any atom is 0.225 e. The van der Waals surface area contributed by atoms with E-state index in [4.69, 9.17) is 0 Å². The van der Waals surface area contributed by atoms with Gasteiger partial charge >= 0.3 is 0 Å². The Labute approximate surface area is 97.8 Å². The van der Waals surface area contributed by atoms with Crippen molar-refractivity contribution < 1.29 is 9.90 Å². The van der Waals surface area contributed by atoms with Crippen LogP contribution in [0.15, 0.2) is 0 Å². The molecule has 1 heterocycles. The van der Waals surface area contributed by atoms with E-state index in [0.717, 1.165) is 57.5 Å². The molecule has 0 aromatic rings. The summed E-state index contributed by atoms with van der Waals surface area (Å²) < 4.78 is 0. The molecule has 16 heavy (non-hydrogen) atoms. The van der Waals surface area contributed by atoms with Gasteiger partial charge < -0.3 is 10.0 Å². The minimum atomic E-state index is -0.680. The summed E-state index contributed by atoms with van der Waals surface area (Å²) in [6.45, 7) is 4.01. The SMILES string of the molecule is CC1CCN(C(=O)CC2(O)CCCC2)CC1. The Morgan fingerprint density at radius 3 is 2.44 bits per heavy atom. The highest BCUT2D eigenvalue weighted by Gasteiger charge is 2.35. The number of amides is 1. The molecule has 0 atom stereocenters. The molecule has 1 aliphatic heterocycles. The van der Waals surface area contributed by atoms with E-state index in [0.29, 0.717) is 6.42 Å². The van der Waals surface area contributed by atoms with Crippen LogP contribution in [0.3, 0.4) is 0 Å². The van der Waals surface area contributed by atoms with Gasteiger partial charge in [0.1, 0.15) is 0 Å². The first-order valence-corrected chi connectivity index (χ1v) is 6.59. The van der Waals surface area contributed by atoms with Gasteiger partial charge in [-0.2, -0.15) is 0 Å². The second-order valence-electron chi connectivity index (χ2n) is 5.67. The number of aliphatic hydroxyl groups is 1. The largest absolute Gasteiger partial charge is 0.389 e. The first-order valence-electron chi connectivity index (χ1n) is 6.59. The smallest absolute Gasteiger partial charge is 0.225 e. The zero-order valence-electron chi connectivity index (χ0n) is 10.2. The van der Waals surface area contributed by atoms with E-state index in [1.165, 1.54) is 0 Å². The van der Waals surface area contributed by atoms with Crippen molar-refractivity contribution in [3.63, 3.8) is 0 Å². The zero-order chi connectivity index (χ0) is 11.6. The van der Waals surface area contributed by atoms with Crippen molar-refractivity contribution in [2.24, 2.45) is 5.92 Å². The fraction of sp³-hybridized carbons (Fsp3) is 0.923. The minimum absolute atomic E-state index is 0.163. The molecule has 0 aromatic carbocycles. The van der Waals surface area contributed by atoms with Crippen molar-refractivity contribution in [1.82, 2.24) is 4.90 Å². The number of carbonyl (C=O) groups is 1. The second-order valence-corrected chi connectivity index (χ2v) is 5.67. The van der Waals surface area contributed by atoms with Crippen LogP contribution in [0.2, 0.25) is 0 Å². The van der Waals surface area contributed by atoms with Crippen LogP contribution >= 0.6 is 0 Å². The molecular formula is C13H23NO2. The predicted molar refractivity (Wildman–Crippen MR) is 63.0 cm³/mol. The molecule has 0 radical (unpaired) electrons. The quantitative estimate of drug-likeness (QED) is 0.780. The molecule has 1 saturated heterocycles. The van der Waals surface area contributed by atoms with Gasteiger partial charge in [0.15, 0.2) is 0 Å². The zero-order valence-corrected chi connectivity index (χ0v) is 10.2. The first kappa shape index (κ1) is 11.9. The van der Waals surface area contributed by atoms with Crippen LogP contribution in [0.1, 0.15) is 51.9 Å². The van der Waals surface area contributed by atoms with Gasteiger partial charge in [-0.1, -0.05) is 19.8 Å². The summed E-state index contributed by atoms with van der Waals surface area (Å²) in [5.74, 6) is 0.912. The molecule has 2 fully saturated rings. The monoisotopic (exact) mass is 225 g/mol. The van der Waals surface area contributed by atoms with Crippen LogP contribution in [0.5, 0.6) is 0 Å². The Kier molecular flexibility index (Phi) is 3.53. The van der Waals surface area contributed by atoms with Crippen molar-refractivity contribution in [2.45, 2.75) is 57.5 Å². The molecule has 1 amide bonds. The lowest BCUT2D eigenvalue weighted by molar-refractivity contribution is -0.137. The summed E-state index contributed by atoms with van der Waals surface area (Å²) in [4.78, 5) is 14.0. The lowest BCUT2D eigenvalue weighted by atomic mass is 9.95. The summed E-state index contributed by atoms with van der Waals surface area (Å²) >= 11 is 0. The highest BCUT2D eigenvalue weighted by molar-refractivity contribution is 5.77. The fourth-order valence-electron chi connectivity index (χ4n) is 2.86. The molecule has 2 rings (SSSR count). The average Bonchev–Trinajstić information content (AvgIpc) is 2.65. The lowest BCUT2D eigenvalue weighted by Crippen LogP contribution is -2.42. The number of likely N-dealkylation sites (tertiary alicyclic amines) is 1. The number of hydrogen-bond donors (Lipinski definition) is 1. The molecule has 1 aliphatic carbocycles. The number of carbonyl (C=O) groups excluding carboxylic acids is 1. The van der Waals surface area contributed by atoms with Crippen LogP contribution in [0.25, 0.3) is 0 Å². The Hall–Kier alpha value is -0.570. The second kappa shape index (κ2) is 4.74. The molecule has 2 aliphatic rings. The maximum absolute atomic E-state index is 12.0. The Balaban J connectivity index is 1.83. The van der Waals surface area contributed by atoms with E-state index < -0.39 is 5.60 Å². The summed E-state index contributed by atoms with van der Waals surface area (Å²) in [6.07, 6.45) is 6.34. The van der Waals surface area contributed by atoms with Gasteiger partial charge in [-0.15, -0.1) is 0 Å². The topological polar surface area (TPSA) is 40.5 Å². The molecule has 0 unspecified atom stereocenters. The minimum Gasteiger partial charge on any atom is -0.389 e. The van der Waals surface area contributed by atoms with E-state index in [9.17, 15) is 9.90 Å². The van der Waals surface area contributed by atoms with E-state index in [2.05, 4.69) is 6.92 Å². The third-order valence-electron chi connectivity index (χ3n) is 4.15. The number of piperidine rings is 1. The summed E-state index contributed by atoms with van der Waals surface area (Å²) in [5, 5.41) is 10.2. The van der Waals surface area contributed by atoms with Gasteiger partial charge in [-0.25, -0.2) is 0 Å². The highest BCUT2D eigenvalue weighted by atomic mass is 16.3. The van der Waals surface area contributed by atoms with Gasteiger partial charge in [0.25, 0.3) is 0 Å². The molecule has 3 heteroatoms. The third kappa shape index (κ3) is 2.76. The Bertz CT molecular complexity index is 251. The maximum atomic E-state index is 12.0. The number of hydrogen-bond acceptors (Lipinski definition) is 2. The summed E-state index contributed by atoms with van der Waals surface area (Å²) in [7, 11) is 0. The number of nitrogens with zero attached hydrogens (tertiary/aromatic N) is 1. The molecular weight excluding hydrogens is 202 g/mol. The summed E-state index contributed by atoms with van der Waals surface area (Å²) in [6, 6.07) is 0. The lowest BCUT2D eigenvalue weighted by Gasteiger charge is -2.32. The van der Waals surface area contributed by atoms with E-state index >= 15 is 0 Å². The van der Waals surface area contributed by atoms with Gasteiger partial charge in [0, 0.05) is 13.1 Å². The van der Waals surface area contributed by atoms with E-state index in [-0.39, 0.29) is 5.91 Å². The van der Waals surface area contributed by atoms with E-state index in [1.54, 1.807) is 0 Å². The molecule has 0 bridgehead atoms. The standard InChI is InChI=1S/C13H23NO2/c1-11-4-8-14(9-5-11)12(15)10-13(16)6-2-3-7-13/h11,16H,2-10H2,1H3. The average molecular weight is 225 g/mol. The van der Waals surface area contributed by atoms with Gasteiger partial charge in [0.2, 0.25) is 5.91 Å². The normalized spacial score (nSPS) is 26.0. The van der Waals surface area contributed by atoms with Crippen molar-refractivity contribution in [1.29, 1.82) is 0 Å². The van der Waals surface area contributed by atoms with Crippen molar-refractivity contribution in [2.75, 3.05) is 13.1 Å². The third-order valence-corrected chi connectivity index (χ3v) is 4.15. The molecule has 0 aromatic heterocycles. The first-order chi connectivity index (χ1) is 7.59. The Morgan fingerprint density at radius 1 is 1.31 bits per heavy atom. The van der Waals surface area contributed by atoms with Gasteiger partial charge in [-0.05, 0) is 31.6 Å². The van der Waals surface area contributed by atoms with Crippen LogP contribution < -0.4 is 0 Å². The highest BCUT2D eigenvalue weighted by Crippen LogP contribution is 2.33. The summed E-state index contributed by atoms with van der Waals surface area (Å²) in [5.41, 5.74) is -0.680. The molecule has 3 nitrogen and oxygen atoms in total. The number of rotatable bonds is 2. The van der Waals surface area contributed by atoms with E-state index in [1.807, 2.05) is 4.90 Å². The molecule has 1 saturated carbocycles. The Morgan fingerprint density at radius 2 is 1.88 bits per heavy atom. The molecule has 1 N–H and O–H groups in total. The van der Waals surface area contributed by atoms with Crippen LogP contribution in [0.4, 0.5) is 0 Å². The van der Waals surface area contributed by atoms with Crippen molar-refractivity contribution in [3.8, 4) is 0 Å². The predicted octanol–water partition coefficient (Wildman–Crippen LogP) is 1.94. The van der Waals surface area contributed by atoms with Crippen LogP contribution in [-0.4, -0.2) is 34.6 Å². The molecule has 92 valence electrons. The van der Waals surface area contributed by atoms with Crippen molar-refractivity contribution in [3.05, 3.63) is 0 Å². The van der Waals surface area contributed by atoms with Crippen molar-refractivity contribution >= 4 is 5.91 Å². The molecule has 0 spiro atoms. The van der Waals surface area contributed by atoms with Crippen LogP contribution in [0, 0.1) is 5.92 Å². The van der Waals surface area contributed by atoms with Gasteiger partial charge in [0.05, 0.1) is 12.0 Å². The fourth-order valence-corrected chi connectivity index (χ4v) is 2.86.